The number of carbonyl (C=O) groups is 1. The molecule has 9 nitrogen and oxygen atoms in total. The monoisotopic (exact) mass is 405 g/mol. The van der Waals surface area contributed by atoms with E-state index in [0.29, 0.717) is 23.9 Å². The second-order valence-corrected chi connectivity index (χ2v) is 7.69. The van der Waals surface area contributed by atoms with Gasteiger partial charge in [0.1, 0.15) is 5.69 Å². The Morgan fingerprint density at radius 2 is 1.83 bits per heavy atom. The highest BCUT2D eigenvalue weighted by Crippen LogP contribution is 2.37. The second kappa shape index (κ2) is 10.6. The van der Waals surface area contributed by atoms with Crippen molar-refractivity contribution < 1.29 is 9.53 Å². The first-order chi connectivity index (χ1) is 14.2. The van der Waals surface area contributed by atoms with E-state index in [9.17, 15) is 4.79 Å². The van der Waals surface area contributed by atoms with Crippen LogP contribution >= 0.6 is 0 Å². The van der Waals surface area contributed by atoms with Gasteiger partial charge in [-0.2, -0.15) is 9.97 Å². The molecule has 29 heavy (non-hydrogen) atoms. The number of aromatic nitrogens is 2. The Hall–Kier alpha value is -2.13. The molecule has 1 aromatic heterocycles. The number of hydrogen-bond donors (Lipinski definition) is 2. The van der Waals surface area contributed by atoms with Gasteiger partial charge < -0.3 is 30.5 Å². The van der Waals surface area contributed by atoms with Gasteiger partial charge in [0.25, 0.3) is 0 Å². The van der Waals surface area contributed by atoms with Crippen LogP contribution in [0.2, 0.25) is 0 Å². The smallest absolute Gasteiger partial charge is 0.320 e. The van der Waals surface area contributed by atoms with Crippen LogP contribution in [0, 0.1) is 0 Å². The minimum Gasteiger partial charge on any atom is -0.463 e. The lowest BCUT2D eigenvalue weighted by Gasteiger charge is -2.34. The van der Waals surface area contributed by atoms with Crippen molar-refractivity contribution in [1.29, 1.82) is 0 Å². The highest BCUT2D eigenvalue weighted by molar-refractivity contribution is 5.87. The van der Waals surface area contributed by atoms with Crippen LogP contribution < -0.4 is 20.7 Å². The number of fused-ring (bicyclic) bond motifs is 1. The van der Waals surface area contributed by atoms with Crippen molar-refractivity contribution in [3.63, 3.8) is 0 Å². The predicted molar refractivity (Wildman–Crippen MR) is 115 cm³/mol. The van der Waals surface area contributed by atoms with Gasteiger partial charge in [-0.25, -0.2) is 0 Å². The Labute approximate surface area is 173 Å². The second-order valence-electron chi connectivity index (χ2n) is 7.69. The number of likely N-dealkylation sites (N-methyl/N-ethyl adjacent to an activating group) is 1. The molecule has 2 aliphatic heterocycles. The van der Waals surface area contributed by atoms with Gasteiger partial charge in [0.2, 0.25) is 0 Å². The fourth-order valence-corrected chi connectivity index (χ4v) is 3.82. The van der Waals surface area contributed by atoms with Gasteiger partial charge in [0.05, 0.1) is 6.61 Å². The molecule has 0 bridgehead atoms. The maximum absolute atomic E-state index is 11.6. The molecule has 1 fully saturated rings. The number of unbranched alkanes of at least 4 members (excludes halogenated alkanes) is 2. The average molecular weight is 406 g/mol. The third-order valence-electron chi connectivity index (χ3n) is 5.69. The first-order valence-corrected chi connectivity index (χ1v) is 10.9. The fraction of sp³-hybridized carbons (Fsp3) is 0.750. The van der Waals surface area contributed by atoms with Crippen LogP contribution in [0.5, 0.6) is 6.01 Å². The molecule has 0 aromatic carbocycles. The summed E-state index contributed by atoms with van der Waals surface area (Å²) in [5.41, 5.74) is 6.71. The van der Waals surface area contributed by atoms with E-state index in [0.717, 1.165) is 77.8 Å². The van der Waals surface area contributed by atoms with Gasteiger partial charge in [-0.15, -0.1) is 0 Å². The lowest BCUT2D eigenvalue weighted by atomic mass is 10.2. The van der Waals surface area contributed by atoms with Crippen LogP contribution in [-0.4, -0.2) is 84.6 Å². The third kappa shape index (κ3) is 5.48. The molecule has 162 valence electrons. The summed E-state index contributed by atoms with van der Waals surface area (Å²) in [6, 6.07) is 0.279. The molecule has 1 saturated heterocycles. The number of nitrogens with zero attached hydrogens (tertiary/aromatic N) is 5. The molecular weight excluding hydrogens is 370 g/mol. The molecular formula is C20H35N7O2. The van der Waals surface area contributed by atoms with E-state index in [1.807, 2.05) is 4.90 Å². The van der Waals surface area contributed by atoms with E-state index < -0.39 is 6.17 Å². The zero-order valence-corrected chi connectivity index (χ0v) is 17.8. The largest absolute Gasteiger partial charge is 0.463 e. The molecule has 0 saturated carbocycles. The summed E-state index contributed by atoms with van der Waals surface area (Å²) < 4.78 is 5.64. The van der Waals surface area contributed by atoms with Crippen LogP contribution in [0.25, 0.3) is 0 Å². The number of anilines is 3. The third-order valence-corrected chi connectivity index (χ3v) is 5.69. The number of rotatable bonds is 11. The summed E-state index contributed by atoms with van der Waals surface area (Å²) in [6.45, 7) is 12.4. The lowest BCUT2D eigenvalue weighted by molar-refractivity contribution is -0.108. The molecule has 0 aliphatic carbocycles. The molecule has 2 aliphatic rings. The molecule has 9 heteroatoms. The Balaban J connectivity index is 1.54. The zero-order chi connectivity index (χ0) is 20.6. The van der Waals surface area contributed by atoms with Crippen molar-refractivity contribution in [1.82, 2.24) is 19.8 Å². The highest BCUT2D eigenvalue weighted by Gasteiger charge is 2.32. The molecule has 3 heterocycles. The topological polar surface area (TPSA) is 99.8 Å². The van der Waals surface area contributed by atoms with Crippen LogP contribution in [0.4, 0.5) is 17.3 Å². The van der Waals surface area contributed by atoms with Crippen molar-refractivity contribution >= 4 is 23.6 Å². The van der Waals surface area contributed by atoms with Crippen LogP contribution in [0.15, 0.2) is 0 Å². The van der Waals surface area contributed by atoms with E-state index in [1.54, 1.807) is 0 Å². The molecule has 1 atom stereocenters. The molecule has 1 unspecified atom stereocenters. The number of carbonyl (C=O) groups excluding carboxylic acids is 1. The van der Waals surface area contributed by atoms with E-state index >= 15 is 0 Å². The van der Waals surface area contributed by atoms with Gasteiger partial charge in [-0.05, 0) is 32.4 Å². The van der Waals surface area contributed by atoms with Crippen molar-refractivity contribution in [2.45, 2.75) is 45.7 Å². The van der Waals surface area contributed by atoms with Crippen molar-refractivity contribution in [3.05, 3.63) is 0 Å². The van der Waals surface area contributed by atoms with Crippen molar-refractivity contribution in [3.8, 4) is 6.01 Å². The summed E-state index contributed by atoms with van der Waals surface area (Å²) in [5, 5.41) is 3.13. The van der Waals surface area contributed by atoms with Gasteiger partial charge in [0, 0.05) is 32.7 Å². The molecule has 1 aromatic rings. The molecule has 3 N–H and O–H groups in total. The Bertz CT molecular complexity index is 664. The van der Waals surface area contributed by atoms with Gasteiger partial charge in [-0.3, -0.25) is 4.79 Å². The number of aldehydes is 1. The molecule has 0 amide bonds. The molecule has 0 spiro atoms. The number of nitrogen functional groups attached to an aromatic ring is 1. The molecule has 0 radical (unpaired) electrons. The van der Waals surface area contributed by atoms with Crippen LogP contribution in [0.3, 0.4) is 0 Å². The maximum Gasteiger partial charge on any atom is 0.320 e. The van der Waals surface area contributed by atoms with Gasteiger partial charge >= 0.3 is 6.01 Å². The minimum atomic E-state index is -0.458. The number of piperazine rings is 1. The zero-order valence-electron chi connectivity index (χ0n) is 17.8. The maximum atomic E-state index is 11.6. The predicted octanol–water partition coefficient (Wildman–Crippen LogP) is 1.41. The molecule has 3 rings (SSSR count). The average Bonchev–Trinajstić information content (AvgIpc) is 3.10. The Morgan fingerprint density at radius 1 is 1.10 bits per heavy atom. The van der Waals surface area contributed by atoms with E-state index in [-0.39, 0.29) is 6.01 Å². The highest BCUT2D eigenvalue weighted by atomic mass is 16.5. The van der Waals surface area contributed by atoms with Crippen molar-refractivity contribution in [2.24, 2.45) is 0 Å². The summed E-state index contributed by atoms with van der Waals surface area (Å²) >= 11 is 0. The van der Waals surface area contributed by atoms with Crippen LogP contribution in [-0.2, 0) is 4.79 Å². The van der Waals surface area contributed by atoms with Gasteiger partial charge in [-0.1, -0.05) is 20.3 Å². The van der Waals surface area contributed by atoms with Gasteiger partial charge in [0.15, 0.2) is 24.1 Å². The quantitative estimate of drug-likeness (QED) is 0.418. The summed E-state index contributed by atoms with van der Waals surface area (Å²) in [5.74, 6) is 0.988. The first-order valence-electron chi connectivity index (χ1n) is 10.9. The number of hydrogen-bond acceptors (Lipinski definition) is 9. The van der Waals surface area contributed by atoms with Crippen molar-refractivity contribution in [2.75, 3.05) is 68.4 Å². The lowest BCUT2D eigenvalue weighted by Crippen LogP contribution is -2.46. The summed E-state index contributed by atoms with van der Waals surface area (Å²) in [6.07, 6.45) is 4.48. The SMILES string of the molecule is CCCCOc1nc(N)c2c(n1)N(CCCCN1CCN(CC)CC1)C(C=O)N2. The summed E-state index contributed by atoms with van der Waals surface area (Å²) in [4.78, 5) is 27.3. The number of ether oxygens (including phenoxy) is 1. The normalized spacial score (nSPS) is 19.8. The first kappa shape index (κ1) is 21.6. The van der Waals surface area contributed by atoms with E-state index in [4.69, 9.17) is 10.5 Å². The standard InChI is InChI=1S/C20H35N7O2/c1-3-5-14-29-20-23-18(21)17-19(24-20)27(16(15-28)22-17)9-7-6-8-26-12-10-25(4-2)11-13-26/h15-16,22H,3-14H2,1-2H3,(H2,21,23,24). The Kier molecular flexibility index (Phi) is 7.88. The fourth-order valence-electron chi connectivity index (χ4n) is 3.82. The number of nitrogens with two attached hydrogens (primary N) is 1. The Morgan fingerprint density at radius 3 is 2.52 bits per heavy atom. The number of nitrogens with one attached hydrogen (secondary N) is 1. The van der Waals surface area contributed by atoms with E-state index in [2.05, 4.69) is 38.9 Å². The van der Waals surface area contributed by atoms with E-state index in [1.165, 1.54) is 0 Å². The van der Waals surface area contributed by atoms with Crippen LogP contribution in [0.1, 0.15) is 39.5 Å². The minimum absolute atomic E-state index is 0.279. The summed E-state index contributed by atoms with van der Waals surface area (Å²) in [7, 11) is 0.